The molecule has 0 heterocycles. The fourth-order valence-electron chi connectivity index (χ4n) is 4.00. The summed E-state index contributed by atoms with van der Waals surface area (Å²) in [4.78, 5) is 87.8. The summed E-state index contributed by atoms with van der Waals surface area (Å²) in [5, 5.41) is 19.6. The maximum Gasteiger partial charge on any atom is 0.408 e. The molecule has 46 heavy (non-hydrogen) atoms. The predicted molar refractivity (Wildman–Crippen MR) is 159 cm³/mol. The Balaban J connectivity index is 3.14. The van der Waals surface area contributed by atoms with Gasteiger partial charge >= 0.3 is 18.0 Å². The number of aliphatic hydroxyl groups is 1. The summed E-state index contributed by atoms with van der Waals surface area (Å²) >= 11 is 0. The van der Waals surface area contributed by atoms with Crippen molar-refractivity contribution in [2.75, 3.05) is 20.9 Å². The Morgan fingerprint density at radius 1 is 0.804 bits per heavy atom. The Morgan fingerprint density at radius 2 is 1.39 bits per heavy atom. The highest BCUT2D eigenvalue weighted by Crippen LogP contribution is 2.11. The minimum absolute atomic E-state index is 0.0636. The molecule has 6 atom stereocenters. The van der Waals surface area contributed by atoms with E-state index in [-0.39, 0.29) is 19.4 Å². The highest BCUT2D eigenvalue weighted by molar-refractivity contribution is 5.97. The molecule has 0 aliphatic rings. The van der Waals surface area contributed by atoms with Crippen molar-refractivity contribution in [1.29, 1.82) is 0 Å². The van der Waals surface area contributed by atoms with Crippen molar-refractivity contribution >= 4 is 41.5 Å². The molecule has 0 aliphatic carbocycles. The van der Waals surface area contributed by atoms with Crippen LogP contribution in [0.4, 0.5) is 9.18 Å². The van der Waals surface area contributed by atoms with Crippen molar-refractivity contribution in [3.63, 3.8) is 0 Å². The lowest BCUT2D eigenvalue weighted by Gasteiger charge is -2.28. The van der Waals surface area contributed by atoms with Crippen molar-refractivity contribution in [2.24, 2.45) is 5.92 Å². The standard InChI is InChI=1S/C30H43FN4O11/c1-6-17(2)25(35-30(43)46-16-19-10-8-7-9-11-19)28(41)32-20(12-13-23(38)44-4)27(40)34-26(18(3)36)29(42)33-21(22(37)15-31)14-24(39)45-5/h7-11,17-18,20-21,25-26,36H,6,12-16H2,1-5H3,(H,32,41)(H,33,42)(H,34,40)(H,35,43)/t17-,18-,20+,21+,25+,26+/m1/s1. The number of amides is 4. The van der Waals surface area contributed by atoms with Crippen LogP contribution in [0.3, 0.4) is 0 Å². The Morgan fingerprint density at radius 3 is 1.93 bits per heavy atom. The summed E-state index contributed by atoms with van der Waals surface area (Å²) in [6, 6.07) is 2.77. The first-order valence-corrected chi connectivity index (χ1v) is 14.6. The number of methoxy groups -OCH3 is 2. The van der Waals surface area contributed by atoms with Crippen LogP contribution < -0.4 is 21.3 Å². The van der Waals surface area contributed by atoms with Crippen molar-refractivity contribution in [2.45, 2.75) is 83.3 Å². The topological polar surface area (TPSA) is 216 Å². The third-order valence-corrected chi connectivity index (χ3v) is 6.98. The summed E-state index contributed by atoms with van der Waals surface area (Å²) in [5.41, 5.74) is 0.712. The van der Waals surface area contributed by atoms with Gasteiger partial charge in [-0.2, -0.15) is 0 Å². The molecule has 256 valence electrons. The lowest BCUT2D eigenvalue weighted by molar-refractivity contribution is -0.144. The number of nitrogens with one attached hydrogen (secondary N) is 4. The number of ether oxygens (including phenoxy) is 3. The monoisotopic (exact) mass is 654 g/mol. The van der Waals surface area contributed by atoms with Crippen molar-refractivity contribution in [1.82, 2.24) is 21.3 Å². The Labute approximate surface area is 266 Å². The lowest BCUT2D eigenvalue weighted by Crippen LogP contribution is -2.60. The number of hydrogen-bond acceptors (Lipinski definition) is 11. The molecule has 0 fully saturated rings. The third kappa shape index (κ3) is 13.6. The van der Waals surface area contributed by atoms with Gasteiger partial charge in [0.25, 0.3) is 0 Å². The summed E-state index contributed by atoms with van der Waals surface area (Å²) in [6.07, 6.45) is -3.39. The molecule has 0 saturated heterocycles. The van der Waals surface area contributed by atoms with Crippen LogP contribution in [0.25, 0.3) is 0 Å². The second-order valence-corrected chi connectivity index (χ2v) is 10.4. The molecule has 5 N–H and O–H groups in total. The molecule has 0 radical (unpaired) electrons. The van der Waals surface area contributed by atoms with Crippen molar-refractivity contribution < 1.29 is 57.3 Å². The number of benzene rings is 1. The Bertz CT molecular complexity index is 1200. The van der Waals surface area contributed by atoms with E-state index in [0.717, 1.165) is 21.1 Å². The van der Waals surface area contributed by atoms with Crippen LogP contribution in [0.2, 0.25) is 0 Å². The predicted octanol–water partition coefficient (Wildman–Crippen LogP) is 0.218. The fourth-order valence-corrected chi connectivity index (χ4v) is 4.00. The molecule has 0 unspecified atom stereocenters. The van der Waals surface area contributed by atoms with E-state index in [9.17, 15) is 43.1 Å². The number of hydrogen-bond donors (Lipinski definition) is 5. The number of ketones is 1. The molecular formula is C30H43FN4O11. The molecule has 16 heteroatoms. The number of rotatable bonds is 19. The number of alkyl carbamates (subject to hydrolysis) is 1. The average Bonchev–Trinajstić information content (AvgIpc) is 3.05. The summed E-state index contributed by atoms with van der Waals surface area (Å²) < 4.78 is 27.4. The number of esters is 2. The van der Waals surface area contributed by atoms with Gasteiger partial charge in [0, 0.05) is 6.42 Å². The molecule has 1 aromatic carbocycles. The molecule has 0 aliphatic heterocycles. The number of carbonyl (C=O) groups excluding carboxylic acids is 7. The molecule has 1 aromatic rings. The zero-order chi connectivity index (χ0) is 34.8. The zero-order valence-electron chi connectivity index (χ0n) is 26.5. The van der Waals surface area contributed by atoms with Gasteiger partial charge in [-0.1, -0.05) is 50.6 Å². The smallest absolute Gasteiger partial charge is 0.408 e. The third-order valence-electron chi connectivity index (χ3n) is 6.98. The second-order valence-electron chi connectivity index (χ2n) is 10.4. The second kappa shape index (κ2) is 20.4. The first-order valence-electron chi connectivity index (χ1n) is 14.6. The van der Waals surface area contributed by atoms with E-state index in [0.29, 0.717) is 12.0 Å². The zero-order valence-corrected chi connectivity index (χ0v) is 26.5. The van der Waals surface area contributed by atoms with Crippen LogP contribution >= 0.6 is 0 Å². The minimum Gasteiger partial charge on any atom is -0.469 e. The highest BCUT2D eigenvalue weighted by atomic mass is 19.1. The Hall–Kier alpha value is -4.60. The highest BCUT2D eigenvalue weighted by Gasteiger charge is 2.35. The largest absolute Gasteiger partial charge is 0.469 e. The fraction of sp³-hybridized carbons (Fsp3) is 0.567. The minimum atomic E-state index is -1.74. The van der Waals surface area contributed by atoms with Crippen LogP contribution in [0.15, 0.2) is 30.3 Å². The van der Waals surface area contributed by atoms with Gasteiger partial charge in [-0.25, -0.2) is 9.18 Å². The SMILES string of the molecule is CC[C@@H](C)[C@H](NC(=O)OCc1ccccc1)C(=O)N[C@@H](CCC(=O)OC)C(=O)N[C@H](C(=O)N[C@@H](CC(=O)OC)C(=O)CF)[C@@H](C)O. The van der Waals surface area contributed by atoms with Gasteiger partial charge in [-0.15, -0.1) is 0 Å². The van der Waals surface area contributed by atoms with Gasteiger partial charge in [-0.3, -0.25) is 28.8 Å². The van der Waals surface area contributed by atoms with Gasteiger partial charge in [0.05, 0.1) is 26.7 Å². The van der Waals surface area contributed by atoms with Crippen LogP contribution in [-0.2, 0) is 49.6 Å². The average molecular weight is 655 g/mol. The molecule has 1 rings (SSSR count). The number of aliphatic hydroxyl groups excluding tert-OH is 1. The maximum atomic E-state index is 13.4. The van der Waals surface area contributed by atoms with Gasteiger partial charge in [0.2, 0.25) is 17.7 Å². The first kappa shape index (κ1) is 39.4. The van der Waals surface area contributed by atoms with E-state index in [4.69, 9.17) is 4.74 Å². The molecule has 0 aromatic heterocycles. The summed E-state index contributed by atoms with van der Waals surface area (Å²) in [6.45, 7) is 3.02. The van der Waals surface area contributed by atoms with Gasteiger partial charge < -0.3 is 40.6 Å². The number of Topliss-reactive ketones (excluding diaryl/α,β-unsaturated/α-hetero) is 1. The summed E-state index contributed by atoms with van der Waals surface area (Å²) in [7, 11) is 2.15. The molecule has 15 nitrogen and oxygen atoms in total. The van der Waals surface area contributed by atoms with Crippen molar-refractivity contribution in [3.8, 4) is 0 Å². The summed E-state index contributed by atoms with van der Waals surface area (Å²) in [5.74, 6) is -6.20. The quantitative estimate of drug-likeness (QED) is 0.100. The maximum absolute atomic E-state index is 13.4. The van der Waals surface area contributed by atoms with E-state index in [1.165, 1.54) is 0 Å². The first-order chi connectivity index (χ1) is 21.8. The van der Waals surface area contributed by atoms with Crippen LogP contribution in [0.5, 0.6) is 0 Å². The molecule has 0 bridgehead atoms. The molecule has 4 amide bonds. The molecular weight excluding hydrogens is 611 g/mol. The van der Waals surface area contributed by atoms with E-state index in [1.54, 1.807) is 44.2 Å². The molecule has 0 saturated carbocycles. The van der Waals surface area contributed by atoms with E-state index in [2.05, 4.69) is 30.7 Å². The number of alkyl halides is 1. The van der Waals surface area contributed by atoms with Crippen LogP contribution in [0.1, 0.15) is 52.0 Å². The van der Waals surface area contributed by atoms with E-state index >= 15 is 0 Å². The van der Waals surface area contributed by atoms with E-state index < -0.39 is 90.8 Å². The lowest BCUT2D eigenvalue weighted by atomic mass is 9.97. The Kier molecular flexibility index (Phi) is 17.5. The van der Waals surface area contributed by atoms with Crippen LogP contribution in [-0.4, -0.2) is 97.8 Å². The normalized spacial score (nSPS) is 14.6. The van der Waals surface area contributed by atoms with Gasteiger partial charge in [0.15, 0.2) is 5.78 Å². The number of halogens is 1. The molecule has 0 spiro atoms. The van der Waals surface area contributed by atoms with Crippen LogP contribution in [0, 0.1) is 5.92 Å². The van der Waals surface area contributed by atoms with E-state index in [1.807, 2.05) is 0 Å². The van der Waals surface area contributed by atoms with Crippen molar-refractivity contribution in [3.05, 3.63) is 35.9 Å². The van der Waals surface area contributed by atoms with Gasteiger partial charge in [-0.05, 0) is 24.8 Å². The van der Waals surface area contributed by atoms with Gasteiger partial charge in [0.1, 0.15) is 37.4 Å². The number of carbonyl (C=O) groups is 7.